The number of primary amides is 1. The second kappa shape index (κ2) is 3.72. The van der Waals surface area contributed by atoms with E-state index in [4.69, 9.17) is 22.1 Å². The lowest BCUT2D eigenvalue weighted by Crippen LogP contribution is -2.26. The van der Waals surface area contributed by atoms with E-state index < -0.39 is 18.3 Å². The SMILES string of the molecule is NC(=O)O[C@H]1Cc2cccc(Cl)c2[C@@H]1O. The van der Waals surface area contributed by atoms with Gasteiger partial charge in [-0.1, -0.05) is 23.7 Å². The topological polar surface area (TPSA) is 72.6 Å². The quantitative estimate of drug-likeness (QED) is 0.762. The van der Waals surface area contributed by atoms with Gasteiger partial charge in [0.05, 0.1) is 0 Å². The molecule has 80 valence electrons. The number of hydrogen-bond acceptors (Lipinski definition) is 3. The molecule has 1 aromatic rings. The van der Waals surface area contributed by atoms with Crippen molar-refractivity contribution in [2.24, 2.45) is 5.73 Å². The highest BCUT2D eigenvalue weighted by Crippen LogP contribution is 2.37. The first kappa shape index (κ1) is 10.3. The smallest absolute Gasteiger partial charge is 0.404 e. The van der Waals surface area contributed by atoms with Crippen LogP contribution in [0.1, 0.15) is 17.2 Å². The minimum Gasteiger partial charge on any atom is -0.443 e. The standard InChI is InChI=1S/C10H10ClNO3/c11-6-3-1-2-5-4-7(15-10(12)14)9(13)8(5)6/h1-3,7,9,13H,4H2,(H2,12,14)/t7-,9+/m0/s1. The summed E-state index contributed by atoms with van der Waals surface area (Å²) in [7, 11) is 0. The Balaban J connectivity index is 2.29. The van der Waals surface area contributed by atoms with Gasteiger partial charge < -0.3 is 15.6 Å². The van der Waals surface area contributed by atoms with Crippen molar-refractivity contribution >= 4 is 17.7 Å². The van der Waals surface area contributed by atoms with Gasteiger partial charge in [-0.2, -0.15) is 0 Å². The van der Waals surface area contributed by atoms with E-state index in [0.29, 0.717) is 17.0 Å². The molecule has 0 heterocycles. The fourth-order valence-electron chi connectivity index (χ4n) is 1.86. The molecule has 1 aromatic carbocycles. The molecule has 0 saturated heterocycles. The molecule has 0 spiro atoms. The van der Waals surface area contributed by atoms with Crippen LogP contribution in [0.5, 0.6) is 0 Å². The molecule has 1 amide bonds. The van der Waals surface area contributed by atoms with Crippen LogP contribution in [-0.2, 0) is 11.2 Å². The van der Waals surface area contributed by atoms with Crippen LogP contribution in [0.3, 0.4) is 0 Å². The van der Waals surface area contributed by atoms with E-state index in [2.05, 4.69) is 0 Å². The molecule has 1 aliphatic rings. The van der Waals surface area contributed by atoms with Gasteiger partial charge in [0.25, 0.3) is 0 Å². The Morgan fingerprint density at radius 2 is 2.33 bits per heavy atom. The first-order valence-corrected chi connectivity index (χ1v) is 4.89. The molecule has 1 aliphatic carbocycles. The zero-order chi connectivity index (χ0) is 11.0. The highest BCUT2D eigenvalue weighted by atomic mass is 35.5. The van der Waals surface area contributed by atoms with Crippen LogP contribution < -0.4 is 5.73 Å². The number of aliphatic hydroxyl groups excluding tert-OH is 1. The van der Waals surface area contributed by atoms with Crippen LogP contribution in [0.15, 0.2) is 18.2 Å². The molecule has 0 radical (unpaired) electrons. The van der Waals surface area contributed by atoms with E-state index in [9.17, 15) is 9.90 Å². The molecule has 0 saturated carbocycles. The summed E-state index contributed by atoms with van der Waals surface area (Å²) in [4.78, 5) is 10.6. The summed E-state index contributed by atoms with van der Waals surface area (Å²) in [5, 5.41) is 10.3. The Kier molecular flexibility index (Phi) is 2.54. The van der Waals surface area contributed by atoms with Crippen LogP contribution >= 0.6 is 11.6 Å². The van der Waals surface area contributed by atoms with Crippen molar-refractivity contribution in [1.29, 1.82) is 0 Å². The van der Waals surface area contributed by atoms with Crippen LogP contribution in [0, 0.1) is 0 Å². The largest absolute Gasteiger partial charge is 0.443 e. The van der Waals surface area contributed by atoms with Crippen LogP contribution in [0.2, 0.25) is 5.02 Å². The van der Waals surface area contributed by atoms with E-state index in [1.807, 2.05) is 6.07 Å². The number of nitrogens with two attached hydrogens (primary N) is 1. The summed E-state index contributed by atoms with van der Waals surface area (Å²) in [6.07, 6.45) is -1.96. The average Bonchev–Trinajstić information content (AvgIpc) is 2.44. The van der Waals surface area contributed by atoms with Gasteiger partial charge in [-0.3, -0.25) is 0 Å². The predicted octanol–water partition coefficient (Wildman–Crippen LogP) is 1.39. The summed E-state index contributed by atoms with van der Waals surface area (Å²) >= 11 is 5.93. The number of aliphatic hydroxyl groups is 1. The summed E-state index contributed by atoms with van der Waals surface area (Å²) < 4.78 is 4.79. The monoisotopic (exact) mass is 227 g/mol. The van der Waals surface area contributed by atoms with Gasteiger partial charge in [0.15, 0.2) is 0 Å². The van der Waals surface area contributed by atoms with Gasteiger partial charge in [0.1, 0.15) is 12.2 Å². The first-order valence-electron chi connectivity index (χ1n) is 4.51. The van der Waals surface area contributed by atoms with Crippen molar-refractivity contribution in [3.63, 3.8) is 0 Å². The van der Waals surface area contributed by atoms with E-state index in [1.165, 1.54) is 0 Å². The van der Waals surface area contributed by atoms with E-state index in [0.717, 1.165) is 5.56 Å². The molecule has 0 aliphatic heterocycles. The van der Waals surface area contributed by atoms with Gasteiger partial charge >= 0.3 is 6.09 Å². The van der Waals surface area contributed by atoms with Crippen molar-refractivity contribution < 1.29 is 14.6 Å². The number of carbonyl (C=O) groups is 1. The number of amides is 1. The molecule has 0 fully saturated rings. The highest BCUT2D eigenvalue weighted by Gasteiger charge is 2.34. The molecular weight excluding hydrogens is 218 g/mol. The van der Waals surface area contributed by atoms with E-state index >= 15 is 0 Å². The second-order valence-electron chi connectivity index (χ2n) is 3.44. The number of ether oxygens (including phenoxy) is 1. The number of benzene rings is 1. The Labute approximate surface area is 91.6 Å². The van der Waals surface area contributed by atoms with Crippen molar-refractivity contribution in [2.75, 3.05) is 0 Å². The molecule has 2 atom stereocenters. The molecule has 0 unspecified atom stereocenters. The number of hydrogen-bond donors (Lipinski definition) is 2. The van der Waals surface area contributed by atoms with Gasteiger partial charge in [-0.05, 0) is 11.6 Å². The summed E-state index contributed by atoms with van der Waals surface area (Å²) in [5.74, 6) is 0. The first-order chi connectivity index (χ1) is 7.09. The lowest BCUT2D eigenvalue weighted by molar-refractivity contribution is 0.0172. The molecule has 3 N–H and O–H groups in total. The normalized spacial score (nSPS) is 23.6. The summed E-state index contributed by atoms with van der Waals surface area (Å²) in [6, 6.07) is 5.32. The van der Waals surface area contributed by atoms with Crippen molar-refractivity contribution in [1.82, 2.24) is 0 Å². The minimum absolute atomic E-state index is 0.444. The Hall–Kier alpha value is -1.26. The maximum atomic E-state index is 10.6. The number of halogens is 1. The Bertz CT molecular complexity index is 408. The number of carbonyl (C=O) groups excluding carboxylic acids is 1. The third-order valence-corrected chi connectivity index (χ3v) is 2.81. The lowest BCUT2D eigenvalue weighted by atomic mass is 10.1. The van der Waals surface area contributed by atoms with Crippen LogP contribution in [-0.4, -0.2) is 17.3 Å². The second-order valence-corrected chi connectivity index (χ2v) is 3.84. The lowest BCUT2D eigenvalue weighted by Gasteiger charge is -2.14. The molecule has 15 heavy (non-hydrogen) atoms. The van der Waals surface area contributed by atoms with Gasteiger partial charge in [-0.15, -0.1) is 0 Å². The molecule has 4 nitrogen and oxygen atoms in total. The van der Waals surface area contributed by atoms with Crippen molar-refractivity contribution in [3.8, 4) is 0 Å². The van der Waals surface area contributed by atoms with Gasteiger partial charge in [0.2, 0.25) is 0 Å². The Morgan fingerprint density at radius 1 is 1.60 bits per heavy atom. The zero-order valence-electron chi connectivity index (χ0n) is 7.81. The third kappa shape index (κ3) is 1.78. The predicted molar refractivity (Wildman–Crippen MR) is 54.6 cm³/mol. The fourth-order valence-corrected chi connectivity index (χ4v) is 2.17. The van der Waals surface area contributed by atoms with Crippen molar-refractivity contribution in [3.05, 3.63) is 34.3 Å². The molecular formula is C10H10ClNO3. The van der Waals surface area contributed by atoms with Crippen molar-refractivity contribution in [2.45, 2.75) is 18.6 Å². The number of fused-ring (bicyclic) bond motifs is 1. The average molecular weight is 228 g/mol. The minimum atomic E-state index is -0.888. The third-order valence-electron chi connectivity index (χ3n) is 2.48. The molecule has 0 bridgehead atoms. The van der Waals surface area contributed by atoms with Gasteiger partial charge in [-0.25, -0.2) is 4.79 Å². The summed E-state index contributed by atoms with van der Waals surface area (Å²) in [6.45, 7) is 0. The fraction of sp³-hybridized carbons (Fsp3) is 0.300. The zero-order valence-corrected chi connectivity index (χ0v) is 8.57. The van der Waals surface area contributed by atoms with Gasteiger partial charge in [0, 0.05) is 17.0 Å². The number of rotatable bonds is 1. The highest BCUT2D eigenvalue weighted by molar-refractivity contribution is 6.31. The maximum Gasteiger partial charge on any atom is 0.404 e. The van der Waals surface area contributed by atoms with Crippen LogP contribution in [0.25, 0.3) is 0 Å². The maximum absolute atomic E-state index is 10.6. The van der Waals surface area contributed by atoms with E-state index in [-0.39, 0.29) is 0 Å². The van der Waals surface area contributed by atoms with Crippen LogP contribution in [0.4, 0.5) is 4.79 Å². The molecule has 0 aromatic heterocycles. The van der Waals surface area contributed by atoms with E-state index in [1.54, 1.807) is 12.1 Å². The summed E-state index contributed by atoms with van der Waals surface area (Å²) in [5.41, 5.74) is 6.42. The Morgan fingerprint density at radius 3 is 2.93 bits per heavy atom. The molecule has 5 heteroatoms. The molecule has 2 rings (SSSR count).